The molecule has 1 nitrogen and oxygen atoms in total. The Balaban J connectivity index is 1.97. The van der Waals surface area contributed by atoms with Crippen LogP contribution in [0.15, 0.2) is 36.4 Å². The summed E-state index contributed by atoms with van der Waals surface area (Å²) in [4.78, 5) is 12.4. The lowest BCUT2D eigenvalue weighted by molar-refractivity contribution is 0.104. The Kier molecular flexibility index (Phi) is 1.81. The maximum atomic E-state index is 12.4. The van der Waals surface area contributed by atoms with Gasteiger partial charge < -0.3 is 0 Å². The molecular formula is C15H6OS2. The van der Waals surface area contributed by atoms with E-state index in [0.29, 0.717) is 11.1 Å². The van der Waals surface area contributed by atoms with Crippen molar-refractivity contribution >= 4 is 51.8 Å². The first-order valence-corrected chi connectivity index (χ1v) is 6.42. The summed E-state index contributed by atoms with van der Waals surface area (Å²) < 4.78 is 1.69. The van der Waals surface area contributed by atoms with Crippen molar-refractivity contribution < 1.29 is 4.79 Å². The minimum absolute atomic E-state index is 0.0317. The highest BCUT2D eigenvalue weighted by atomic mass is 32.1. The minimum atomic E-state index is 0.0317. The zero-order valence-corrected chi connectivity index (χ0v) is 10.8. The van der Waals surface area contributed by atoms with Gasteiger partial charge in [-0.2, -0.15) is 0 Å². The number of hydrogen-bond acceptors (Lipinski definition) is 3. The molecule has 0 aliphatic heterocycles. The van der Waals surface area contributed by atoms with E-state index in [9.17, 15) is 4.79 Å². The summed E-state index contributed by atoms with van der Waals surface area (Å²) >= 11 is 10.5. The summed E-state index contributed by atoms with van der Waals surface area (Å²) in [5.41, 5.74) is 1.40. The molecule has 0 aliphatic rings. The van der Waals surface area contributed by atoms with Gasteiger partial charge in [-0.25, -0.2) is 0 Å². The third-order valence-electron chi connectivity index (χ3n) is 3.41. The summed E-state index contributed by atoms with van der Waals surface area (Å²) in [6.07, 6.45) is 0. The van der Waals surface area contributed by atoms with Crippen LogP contribution in [0, 0.1) is 9.02 Å². The SMILES string of the molecule is O=C(c1ccccc1)c1cc2c(=S)c2c2c(=S)c12. The molecule has 4 rings (SSSR count). The fraction of sp³-hybridized carbons (Fsp3) is 0. The Labute approximate surface area is 113 Å². The van der Waals surface area contributed by atoms with Crippen molar-refractivity contribution in [1.29, 1.82) is 0 Å². The maximum absolute atomic E-state index is 12.4. The quantitative estimate of drug-likeness (QED) is 0.394. The van der Waals surface area contributed by atoms with Crippen LogP contribution in [0.1, 0.15) is 15.9 Å². The third-order valence-corrected chi connectivity index (χ3v) is 4.24. The summed E-state index contributed by atoms with van der Waals surface area (Å²) in [5.74, 6) is 0.0317. The van der Waals surface area contributed by atoms with E-state index < -0.39 is 0 Å². The van der Waals surface area contributed by atoms with Gasteiger partial charge in [0.1, 0.15) is 0 Å². The Morgan fingerprint density at radius 2 is 1.61 bits per heavy atom. The van der Waals surface area contributed by atoms with Crippen LogP contribution in [0.25, 0.3) is 21.5 Å². The van der Waals surface area contributed by atoms with E-state index in [-0.39, 0.29) is 5.78 Å². The molecule has 18 heavy (non-hydrogen) atoms. The van der Waals surface area contributed by atoms with E-state index in [1.165, 1.54) is 0 Å². The molecule has 0 saturated carbocycles. The Morgan fingerprint density at radius 3 is 2.33 bits per heavy atom. The van der Waals surface area contributed by atoms with Crippen LogP contribution in [0.3, 0.4) is 0 Å². The normalized spacial score (nSPS) is 12.0. The van der Waals surface area contributed by atoms with Crippen molar-refractivity contribution in [3.05, 3.63) is 56.5 Å². The van der Waals surface area contributed by atoms with Gasteiger partial charge in [-0.1, -0.05) is 54.8 Å². The standard InChI is InChI=1S/C15H6OS2/c16-13(7-4-2-1-3-5-7)8-6-9-11(14(9)17)12-10(8)15(12)18/h1-6H. The van der Waals surface area contributed by atoms with Gasteiger partial charge in [-0.05, 0) is 6.07 Å². The lowest BCUT2D eigenvalue weighted by Gasteiger charge is -1.98. The number of benzene rings is 2. The number of carbonyl (C=O) groups excluding carboxylic acids is 1. The number of carbonyl (C=O) groups is 1. The Morgan fingerprint density at radius 1 is 0.889 bits per heavy atom. The molecule has 0 saturated heterocycles. The summed E-state index contributed by atoms with van der Waals surface area (Å²) in [5, 5.41) is 4.13. The van der Waals surface area contributed by atoms with Crippen LogP contribution >= 0.6 is 24.4 Å². The molecule has 0 aromatic heterocycles. The second kappa shape index (κ2) is 3.19. The lowest BCUT2D eigenvalue weighted by Crippen LogP contribution is -1.99. The molecule has 0 N–H and O–H groups in total. The van der Waals surface area contributed by atoms with Gasteiger partial charge in [0.2, 0.25) is 0 Å². The van der Waals surface area contributed by atoms with Crippen LogP contribution in [-0.2, 0) is 0 Å². The number of hydrogen-bond donors (Lipinski definition) is 0. The van der Waals surface area contributed by atoms with Crippen LogP contribution in [0.2, 0.25) is 0 Å². The van der Waals surface area contributed by atoms with Crippen molar-refractivity contribution in [2.75, 3.05) is 0 Å². The first-order chi connectivity index (χ1) is 8.70. The molecule has 0 spiro atoms. The summed E-state index contributed by atoms with van der Waals surface area (Å²) in [6, 6.07) is 11.2. The molecule has 4 aromatic carbocycles. The van der Waals surface area contributed by atoms with E-state index in [4.69, 9.17) is 24.4 Å². The molecule has 0 aliphatic carbocycles. The molecule has 3 heteroatoms. The van der Waals surface area contributed by atoms with Crippen molar-refractivity contribution in [1.82, 2.24) is 0 Å². The second-order valence-corrected chi connectivity index (χ2v) is 5.27. The largest absolute Gasteiger partial charge is 0.289 e. The van der Waals surface area contributed by atoms with Gasteiger partial charge in [-0.15, -0.1) is 0 Å². The fourth-order valence-electron chi connectivity index (χ4n) is 2.38. The van der Waals surface area contributed by atoms with Gasteiger partial charge in [0.05, 0.1) is 9.02 Å². The topological polar surface area (TPSA) is 17.1 Å². The zero-order valence-electron chi connectivity index (χ0n) is 9.19. The molecule has 0 unspecified atom stereocenters. The highest BCUT2D eigenvalue weighted by molar-refractivity contribution is 7.72. The van der Waals surface area contributed by atoms with Crippen molar-refractivity contribution in [3.63, 3.8) is 0 Å². The molecule has 0 bridgehead atoms. The molecule has 0 heterocycles. The predicted octanol–water partition coefficient (Wildman–Crippen LogP) is 4.43. The van der Waals surface area contributed by atoms with E-state index in [2.05, 4.69) is 0 Å². The summed E-state index contributed by atoms with van der Waals surface area (Å²) in [6.45, 7) is 0. The van der Waals surface area contributed by atoms with Gasteiger partial charge in [0, 0.05) is 32.7 Å². The van der Waals surface area contributed by atoms with E-state index in [0.717, 1.165) is 30.6 Å². The third kappa shape index (κ3) is 1.18. The Bertz CT molecular complexity index is 959. The van der Waals surface area contributed by atoms with Crippen LogP contribution in [-0.4, -0.2) is 5.78 Å². The molecule has 4 aromatic rings. The van der Waals surface area contributed by atoms with Crippen molar-refractivity contribution in [2.45, 2.75) is 0 Å². The van der Waals surface area contributed by atoms with Crippen LogP contribution in [0.4, 0.5) is 0 Å². The van der Waals surface area contributed by atoms with Crippen LogP contribution in [0.5, 0.6) is 0 Å². The monoisotopic (exact) mass is 266 g/mol. The van der Waals surface area contributed by atoms with Crippen molar-refractivity contribution in [3.8, 4) is 0 Å². The van der Waals surface area contributed by atoms with Crippen LogP contribution < -0.4 is 0 Å². The van der Waals surface area contributed by atoms with E-state index >= 15 is 0 Å². The average Bonchev–Trinajstić information content (AvgIpc) is 3.27. The first kappa shape index (κ1) is 10.2. The predicted molar refractivity (Wildman–Crippen MR) is 77.7 cm³/mol. The second-order valence-electron chi connectivity index (χ2n) is 4.45. The van der Waals surface area contributed by atoms with Gasteiger partial charge >= 0.3 is 0 Å². The zero-order chi connectivity index (χ0) is 12.4. The number of rotatable bonds is 2. The molecule has 0 atom stereocenters. The smallest absolute Gasteiger partial charge is 0.193 e. The minimum Gasteiger partial charge on any atom is -0.289 e. The van der Waals surface area contributed by atoms with E-state index in [1.54, 1.807) is 0 Å². The van der Waals surface area contributed by atoms with Gasteiger partial charge in [0.15, 0.2) is 5.78 Å². The number of ketones is 1. The fourth-order valence-corrected chi connectivity index (χ4v) is 3.06. The highest BCUT2D eigenvalue weighted by Gasteiger charge is 2.27. The molecule has 84 valence electrons. The van der Waals surface area contributed by atoms with Gasteiger partial charge in [0.25, 0.3) is 0 Å². The molecule has 0 amide bonds. The molecular weight excluding hydrogens is 260 g/mol. The average molecular weight is 266 g/mol. The molecule has 0 radical (unpaired) electrons. The lowest BCUT2D eigenvalue weighted by atomic mass is 10.0. The van der Waals surface area contributed by atoms with E-state index in [1.807, 2.05) is 36.4 Å². The van der Waals surface area contributed by atoms with Crippen molar-refractivity contribution in [2.24, 2.45) is 0 Å². The first-order valence-electron chi connectivity index (χ1n) is 5.60. The maximum Gasteiger partial charge on any atom is 0.193 e. The number of fused-ring (bicyclic) bond motifs is 3. The summed E-state index contributed by atoms with van der Waals surface area (Å²) in [7, 11) is 0. The van der Waals surface area contributed by atoms with Gasteiger partial charge in [-0.3, -0.25) is 4.79 Å². The highest BCUT2D eigenvalue weighted by Crippen LogP contribution is 2.45. The molecule has 0 fully saturated rings. The Hall–Kier alpha value is -1.71.